The zero-order chi connectivity index (χ0) is 16.9. The summed E-state index contributed by atoms with van der Waals surface area (Å²) in [6.45, 7) is 1.86. The van der Waals surface area contributed by atoms with Crippen molar-refractivity contribution >= 4 is 14.7 Å². The van der Waals surface area contributed by atoms with Crippen LogP contribution >= 0.6 is 0 Å². The molecule has 1 aromatic heterocycles. The second-order valence-electron chi connectivity index (χ2n) is 5.50. The van der Waals surface area contributed by atoms with Gasteiger partial charge in [-0.15, -0.1) is 0 Å². The Bertz CT molecular complexity index is 805. The average molecular weight is 386 g/mol. The molecule has 0 aliphatic heterocycles. The molecule has 0 fully saturated rings. The van der Waals surface area contributed by atoms with Crippen molar-refractivity contribution in [3.63, 3.8) is 0 Å². The van der Waals surface area contributed by atoms with E-state index in [1.165, 1.54) is 0 Å². The SMILES string of the molecule is CC[C@H]([C@H](c1ccccc1)c1[se]nnc1-c1ccccc1)[N+](=O)[O-]. The van der Waals surface area contributed by atoms with Crippen molar-refractivity contribution in [1.29, 1.82) is 0 Å². The molecule has 1 heterocycles. The number of rotatable bonds is 6. The van der Waals surface area contributed by atoms with Crippen LogP contribution in [0.15, 0.2) is 60.7 Å². The first kappa shape index (κ1) is 16.6. The maximum absolute atomic E-state index is 11.7. The van der Waals surface area contributed by atoms with E-state index in [1.807, 2.05) is 67.6 Å². The van der Waals surface area contributed by atoms with Crippen molar-refractivity contribution < 1.29 is 4.92 Å². The Morgan fingerprint density at radius 3 is 2.29 bits per heavy atom. The van der Waals surface area contributed by atoms with Crippen LogP contribution < -0.4 is 0 Å². The van der Waals surface area contributed by atoms with Gasteiger partial charge in [0, 0.05) is 0 Å². The van der Waals surface area contributed by atoms with Crippen molar-refractivity contribution in [3.8, 4) is 11.3 Å². The third kappa shape index (κ3) is 3.30. The van der Waals surface area contributed by atoms with Crippen LogP contribution in [0.2, 0.25) is 0 Å². The van der Waals surface area contributed by atoms with E-state index < -0.39 is 6.04 Å². The summed E-state index contributed by atoms with van der Waals surface area (Å²) < 4.78 is 5.23. The second-order valence-corrected chi connectivity index (χ2v) is 7.15. The molecule has 0 N–H and O–H groups in total. The molecule has 0 aliphatic carbocycles. The predicted octanol–water partition coefficient (Wildman–Crippen LogP) is 3.39. The summed E-state index contributed by atoms with van der Waals surface area (Å²) in [6.07, 6.45) is 0.466. The molecule has 3 rings (SSSR count). The van der Waals surface area contributed by atoms with Crippen LogP contribution in [0.25, 0.3) is 11.3 Å². The van der Waals surface area contributed by atoms with Crippen LogP contribution in [-0.2, 0) is 0 Å². The average Bonchev–Trinajstić information content (AvgIpc) is 3.10. The number of hydrogen-bond donors (Lipinski definition) is 0. The molecule has 24 heavy (non-hydrogen) atoms. The Kier molecular flexibility index (Phi) is 5.18. The van der Waals surface area contributed by atoms with E-state index in [1.54, 1.807) is 0 Å². The van der Waals surface area contributed by atoms with E-state index in [9.17, 15) is 10.1 Å². The topological polar surface area (TPSA) is 68.9 Å². The molecule has 2 aromatic carbocycles. The van der Waals surface area contributed by atoms with Crippen molar-refractivity contribution in [2.24, 2.45) is 0 Å². The molecule has 2 atom stereocenters. The van der Waals surface area contributed by atoms with Gasteiger partial charge in [0.2, 0.25) is 0 Å². The summed E-state index contributed by atoms with van der Waals surface area (Å²) in [5.74, 6) is -0.295. The molecular weight excluding hydrogens is 369 g/mol. The van der Waals surface area contributed by atoms with Gasteiger partial charge >= 0.3 is 146 Å². The van der Waals surface area contributed by atoms with Crippen LogP contribution in [0.1, 0.15) is 29.3 Å². The summed E-state index contributed by atoms with van der Waals surface area (Å²) in [6, 6.07) is 18.8. The van der Waals surface area contributed by atoms with Crippen molar-refractivity contribution in [2.75, 3.05) is 0 Å². The minimum absolute atomic E-state index is 0.165. The molecule has 0 aliphatic rings. The Morgan fingerprint density at radius 1 is 1.08 bits per heavy atom. The molecule has 5 nitrogen and oxygen atoms in total. The van der Waals surface area contributed by atoms with Gasteiger partial charge in [-0.25, -0.2) is 0 Å². The molecule has 0 radical (unpaired) electrons. The van der Waals surface area contributed by atoms with Gasteiger partial charge in [0.15, 0.2) is 0 Å². The number of aromatic nitrogens is 2. The summed E-state index contributed by atoms with van der Waals surface area (Å²) in [7, 11) is 0. The maximum atomic E-state index is 11.7. The molecular formula is C18H17N3O2Se. The molecule has 0 saturated carbocycles. The summed E-state index contributed by atoms with van der Waals surface area (Å²) in [5, 5.41) is 16.0. The van der Waals surface area contributed by atoms with E-state index >= 15 is 0 Å². The standard InChI is InChI=1S/C18H17N3O2Se/c1-2-15(21(22)23)16(13-9-5-3-6-10-13)18-17(19-20-24-18)14-11-7-4-8-12-14/h3-12,15-16H,2H2,1H3/t15-,16+/m1/s1. The van der Waals surface area contributed by atoms with Crippen molar-refractivity contribution in [1.82, 2.24) is 9.19 Å². The first-order chi connectivity index (χ1) is 11.7. The van der Waals surface area contributed by atoms with Gasteiger partial charge in [-0.2, -0.15) is 0 Å². The molecule has 0 amide bonds. The van der Waals surface area contributed by atoms with Crippen LogP contribution in [0, 0.1) is 10.1 Å². The normalized spacial score (nSPS) is 13.4. The van der Waals surface area contributed by atoms with Gasteiger partial charge < -0.3 is 0 Å². The fourth-order valence-electron chi connectivity index (χ4n) is 2.91. The molecule has 0 bridgehead atoms. The van der Waals surface area contributed by atoms with Crippen LogP contribution in [0.5, 0.6) is 0 Å². The Hall–Kier alpha value is -2.30. The van der Waals surface area contributed by atoms with Gasteiger partial charge in [-0.1, -0.05) is 0 Å². The number of nitro groups is 1. The fourth-order valence-corrected chi connectivity index (χ4v) is 4.72. The summed E-state index contributed by atoms with van der Waals surface area (Å²) in [4.78, 5) is 11.5. The second kappa shape index (κ2) is 7.51. The minimum atomic E-state index is -0.675. The number of nitrogens with zero attached hydrogens (tertiary/aromatic N) is 3. The third-order valence-corrected chi connectivity index (χ3v) is 5.77. The molecule has 6 heteroatoms. The van der Waals surface area contributed by atoms with Gasteiger partial charge in [0.25, 0.3) is 0 Å². The first-order valence-electron chi connectivity index (χ1n) is 7.78. The van der Waals surface area contributed by atoms with Crippen molar-refractivity contribution in [3.05, 3.63) is 80.8 Å². The third-order valence-electron chi connectivity index (χ3n) is 4.08. The predicted molar refractivity (Wildman–Crippen MR) is 93.8 cm³/mol. The summed E-state index contributed by atoms with van der Waals surface area (Å²) in [5.41, 5.74) is 2.72. The molecule has 0 saturated heterocycles. The van der Waals surface area contributed by atoms with Gasteiger partial charge in [0.1, 0.15) is 0 Å². The van der Waals surface area contributed by atoms with Gasteiger partial charge in [-0.3, -0.25) is 0 Å². The summed E-state index contributed by atoms with van der Waals surface area (Å²) >= 11 is -0.213. The molecule has 3 aromatic rings. The van der Waals surface area contributed by atoms with E-state index in [0.717, 1.165) is 21.3 Å². The quantitative estimate of drug-likeness (QED) is 0.370. The molecule has 0 unspecified atom stereocenters. The van der Waals surface area contributed by atoms with E-state index in [0.29, 0.717) is 6.42 Å². The Labute approximate surface area is 146 Å². The van der Waals surface area contributed by atoms with Crippen molar-refractivity contribution in [2.45, 2.75) is 25.3 Å². The first-order valence-corrected chi connectivity index (χ1v) is 9.40. The van der Waals surface area contributed by atoms with Gasteiger partial charge in [0.05, 0.1) is 0 Å². The van der Waals surface area contributed by atoms with E-state index in [-0.39, 0.29) is 25.6 Å². The number of benzene rings is 2. The zero-order valence-electron chi connectivity index (χ0n) is 13.2. The molecule has 0 spiro atoms. The number of hydrogen-bond acceptors (Lipinski definition) is 4. The van der Waals surface area contributed by atoms with Crippen LogP contribution in [-0.4, -0.2) is 34.9 Å². The van der Waals surface area contributed by atoms with Crippen LogP contribution in [0.4, 0.5) is 0 Å². The Balaban J connectivity index is 2.14. The van der Waals surface area contributed by atoms with Gasteiger partial charge in [-0.05, 0) is 0 Å². The van der Waals surface area contributed by atoms with Crippen LogP contribution in [0.3, 0.4) is 0 Å². The monoisotopic (exact) mass is 387 g/mol. The zero-order valence-corrected chi connectivity index (χ0v) is 14.9. The Morgan fingerprint density at radius 2 is 1.71 bits per heavy atom. The van der Waals surface area contributed by atoms with E-state index in [4.69, 9.17) is 0 Å². The molecule has 122 valence electrons. The van der Waals surface area contributed by atoms with E-state index in [2.05, 4.69) is 9.19 Å². The fraction of sp³-hybridized carbons (Fsp3) is 0.222.